The Labute approximate surface area is 98.9 Å². The van der Waals surface area contributed by atoms with Crippen molar-refractivity contribution in [2.45, 2.75) is 38.3 Å². The first-order chi connectivity index (χ1) is 7.88. The van der Waals surface area contributed by atoms with Gasteiger partial charge >= 0.3 is 12.3 Å². The Morgan fingerprint density at radius 1 is 1.29 bits per heavy atom. The summed E-state index contributed by atoms with van der Waals surface area (Å²) in [6.07, 6.45) is 0.202. The van der Waals surface area contributed by atoms with Crippen LogP contribution in [0.2, 0.25) is 0 Å². The SMILES string of the molecule is CN(CC1CCCCC1)C(=O)OCC(F)(F)F. The molecule has 0 aromatic carbocycles. The molecule has 0 bridgehead atoms. The fourth-order valence-electron chi connectivity index (χ4n) is 2.09. The van der Waals surface area contributed by atoms with Crippen LogP contribution >= 0.6 is 0 Å². The fraction of sp³-hybridized carbons (Fsp3) is 0.909. The Bertz CT molecular complexity index is 250. The molecule has 0 radical (unpaired) electrons. The van der Waals surface area contributed by atoms with Gasteiger partial charge in [0.25, 0.3) is 0 Å². The van der Waals surface area contributed by atoms with Gasteiger partial charge in [-0.15, -0.1) is 0 Å². The molecule has 0 aromatic heterocycles. The average Bonchev–Trinajstić information content (AvgIpc) is 2.26. The molecule has 1 rings (SSSR count). The lowest BCUT2D eigenvalue weighted by atomic mass is 9.89. The van der Waals surface area contributed by atoms with Crippen molar-refractivity contribution in [2.75, 3.05) is 20.2 Å². The van der Waals surface area contributed by atoms with E-state index in [2.05, 4.69) is 4.74 Å². The van der Waals surface area contributed by atoms with Gasteiger partial charge in [0.2, 0.25) is 0 Å². The summed E-state index contributed by atoms with van der Waals surface area (Å²) in [4.78, 5) is 12.5. The van der Waals surface area contributed by atoms with E-state index in [0.717, 1.165) is 25.7 Å². The van der Waals surface area contributed by atoms with Crippen LogP contribution in [-0.4, -0.2) is 37.4 Å². The van der Waals surface area contributed by atoms with E-state index in [4.69, 9.17) is 0 Å². The van der Waals surface area contributed by atoms with Crippen molar-refractivity contribution in [1.82, 2.24) is 4.90 Å². The Morgan fingerprint density at radius 3 is 2.41 bits per heavy atom. The van der Waals surface area contributed by atoms with Gasteiger partial charge in [-0.05, 0) is 18.8 Å². The highest BCUT2D eigenvalue weighted by Crippen LogP contribution is 2.24. The zero-order valence-corrected chi connectivity index (χ0v) is 9.92. The molecule has 0 N–H and O–H groups in total. The van der Waals surface area contributed by atoms with Gasteiger partial charge < -0.3 is 9.64 Å². The van der Waals surface area contributed by atoms with Gasteiger partial charge in [0, 0.05) is 13.6 Å². The minimum absolute atomic E-state index is 0.396. The first kappa shape index (κ1) is 14.1. The highest BCUT2D eigenvalue weighted by molar-refractivity contribution is 5.67. The summed E-state index contributed by atoms with van der Waals surface area (Å²) in [6.45, 7) is -1.03. The second kappa shape index (κ2) is 6.12. The van der Waals surface area contributed by atoms with Crippen LogP contribution in [0, 0.1) is 5.92 Å². The molecule has 0 heterocycles. The smallest absolute Gasteiger partial charge is 0.422 e. The third-order valence-corrected chi connectivity index (χ3v) is 2.93. The number of hydrogen-bond acceptors (Lipinski definition) is 2. The largest absolute Gasteiger partial charge is 0.440 e. The van der Waals surface area contributed by atoms with Crippen LogP contribution in [0.3, 0.4) is 0 Å². The third kappa shape index (κ3) is 5.79. The molecule has 0 aliphatic heterocycles. The number of hydrogen-bond donors (Lipinski definition) is 0. The van der Waals surface area contributed by atoms with E-state index in [1.807, 2.05) is 0 Å². The molecule has 1 aliphatic carbocycles. The third-order valence-electron chi connectivity index (χ3n) is 2.93. The number of halogens is 3. The van der Waals surface area contributed by atoms with Crippen LogP contribution in [0.25, 0.3) is 0 Å². The first-order valence-electron chi connectivity index (χ1n) is 5.83. The number of amides is 1. The number of ether oxygens (including phenoxy) is 1. The van der Waals surface area contributed by atoms with Crippen molar-refractivity contribution in [3.8, 4) is 0 Å². The molecule has 3 nitrogen and oxygen atoms in total. The maximum absolute atomic E-state index is 11.8. The van der Waals surface area contributed by atoms with Crippen LogP contribution < -0.4 is 0 Å². The van der Waals surface area contributed by atoms with E-state index in [-0.39, 0.29) is 0 Å². The van der Waals surface area contributed by atoms with Gasteiger partial charge in [0.1, 0.15) is 0 Å². The Balaban J connectivity index is 2.26. The second-order valence-electron chi connectivity index (χ2n) is 4.55. The molecular formula is C11H18F3NO2. The predicted molar refractivity (Wildman–Crippen MR) is 56.6 cm³/mol. The number of rotatable bonds is 3. The minimum atomic E-state index is -4.46. The normalized spacial score (nSPS) is 17.9. The monoisotopic (exact) mass is 253 g/mol. The lowest BCUT2D eigenvalue weighted by Crippen LogP contribution is -2.35. The molecular weight excluding hydrogens is 235 g/mol. The van der Waals surface area contributed by atoms with Gasteiger partial charge in [-0.2, -0.15) is 13.2 Å². The van der Waals surface area contributed by atoms with E-state index in [1.54, 1.807) is 0 Å². The van der Waals surface area contributed by atoms with Crippen molar-refractivity contribution in [2.24, 2.45) is 5.92 Å². The second-order valence-corrected chi connectivity index (χ2v) is 4.55. The molecule has 0 aromatic rings. The quantitative estimate of drug-likeness (QED) is 0.773. The summed E-state index contributed by atoms with van der Waals surface area (Å²) in [5.41, 5.74) is 0. The van der Waals surface area contributed by atoms with Crippen LogP contribution in [0.1, 0.15) is 32.1 Å². The zero-order chi connectivity index (χ0) is 12.9. The van der Waals surface area contributed by atoms with Crippen molar-refractivity contribution in [3.63, 3.8) is 0 Å². The molecule has 1 fully saturated rings. The van der Waals surface area contributed by atoms with Crippen LogP contribution in [0.4, 0.5) is 18.0 Å². The summed E-state index contributed by atoms with van der Waals surface area (Å²) in [7, 11) is 1.48. The van der Waals surface area contributed by atoms with Gasteiger partial charge in [0.15, 0.2) is 6.61 Å². The standard InChI is InChI=1S/C11H18F3NO2/c1-15(7-9-5-3-2-4-6-9)10(16)17-8-11(12,13)14/h9H,2-8H2,1H3. The molecule has 1 saturated carbocycles. The highest BCUT2D eigenvalue weighted by Gasteiger charge is 2.30. The van der Waals surface area contributed by atoms with Crippen molar-refractivity contribution < 1.29 is 22.7 Å². The zero-order valence-electron chi connectivity index (χ0n) is 9.92. The lowest BCUT2D eigenvalue weighted by Gasteiger charge is -2.26. The van der Waals surface area contributed by atoms with E-state index in [1.165, 1.54) is 18.4 Å². The number of carbonyl (C=O) groups excluding carboxylic acids is 1. The molecule has 1 amide bonds. The topological polar surface area (TPSA) is 29.5 Å². The van der Waals surface area contributed by atoms with Crippen molar-refractivity contribution in [1.29, 1.82) is 0 Å². The van der Waals surface area contributed by atoms with Gasteiger partial charge in [-0.1, -0.05) is 19.3 Å². The van der Waals surface area contributed by atoms with Gasteiger partial charge in [-0.25, -0.2) is 4.79 Å². The number of alkyl halides is 3. The van der Waals surface area contributed by atoms with Crippen LogP contribution in [0.15, 0.2) is 0 Å². The Hall–Kier alpha value is -0.940. The average molecular weight is 253 g/mol. The highest BCUT2D eigenvalue weighted by atomic mass is 19.4. The van der Waals surface area contributed by atoms with Gasteiger partial charge in [0.05, 0.1) is 0 Å². The minimum Gasteiger partial charge on any atom is -0.440 e. The van der Waals surface area contributed by atoms with Crippen molar-refractivity contribution in [3.05, 3.63) is 0 Å². The Kier molecular flexibility index (Phi) is 5.08. The summed E-state index contributed by atoms with van der Waals surface area (Å²) in [5, 5.41) is 0. The van der Waals surface area contributed by atoms with Crippen LogP contribution in [-0.2, 0) is 4.74 Å². The maximum atomic E-state index is 11.8. The van der Waals surface area contributed by atoms with Gasteiger partial charge in [-0.3, -0.25) is 0 Å². The lowest BCUT2D eigenvalue weighted by molar-refractivity contribution is -0.162. The number of nitrogens with zero attached hydrogens (tertiary/aromatic N) is 1. The maximum Gasteiger partial charge on any atom is 0.422 e. The van der Waals surface area contributed by atoms with E-state index >= 15 is 0 Å². The molecule has 1 aliphatic rings. The summed E-state index contributed by atoms with van der Waals surface area (Å²) < 4.78 is 39.7. The molecule has 100 valence electrons. The number of carbonyl (C=O) groups is 1. The molecule has 6 heteroatoms. The van der Waals surface area contributed by atoms with E-state index in [9.17, 15) is 18.0 Å². The summed E-state index contributed by atoms with van der Waals surface area (Å²) >= 11 is 0. The molecule has 0 spiro atoms. The molecule has 17 heavy (non-hydrogen) atoms. The van der Waals surface area contributed by atoms with E-state index in [0.29, 0.717) is 12.5 Å². The molecule has 0 unspecified atom stereocenters. The summed E-state index contributed by atoms with van der Waals surface area (Å²) in [5.74, 6) is 0.396. The van der Waals surface area contributed by atoms with Crippen molar-refractivity contribution >= 4 is 6.09 Å². The fourth-order valence-corrected chi connectivity index (χ4v) is 2.09. The molecule has 0 atom stereocenters. The first-order valence-corrected chi connectivity index (χ1v) is 5.83. The van der Waals surface area contributed by atoms with E-state index < -0.39 is 18.9 Å². The Morgan fingerprint density at radius 2 is 1.88 bits per heavy atom. The van der Waals surface area contributed by atoms with Crippen LogP contribution in [0.5, 0.6) is 0 Å². The summed E-state index contributed by atoms with van der Waals surface area (Å²) in [6, 6.07) is 0. The predicted octanol–water partition coefficient (Wildman–Crippen LogP) is 3.20. The molecule has 0 saturated heterocycles.